The van der Waals surface area contributed by atoms with E-state index in [1.807, 2.05) is 36.4 Å². The molecular formula is C14H20ClNO. The first kappa shape index (κ1) is 15.8. The maximum Gasteiger partial charge on any atom is 0.119 e. The number of hydrogen-bond donors (Lipinski definition) is 1. The Balaban J connectivity index is 0.00000256. The highest BCUT2D eigenvalue weighted by Gasteiger charge is 1.89. The van der Waals surface area contributed by atoms with Gasteiger partial charge in [0.2, 0.25) is 0 Å². The van der Waals surface area contributed by atoms with Crippen molar-refractivity contribution in [3.63, 3.8) is 0 Å². The maximum absolute atomic E-state index is 5.53. The zero-order chi connectivity index (χ0) is 11.6. The van der Waals surface area contributed by atoms with E-state index in [0.717, 1.165) is 18.8 Å². The number of benzene rings is 1. The molecule has 3 heteroatoms. The van der Waals surface area contributed by atoms with Crippen LogP contribution in [-0.2, 0) is 0 Å². The Labute approximate surface area is 110 Å². The van der Waals surface area contributed by atoms with Gasteiger partial charge in [0.15, 0.2) is 0 Å². The van der Waals surface area contributed by atoms with Crippen molar-refractivity contribution >= 4 is 12.4 Å². The molecule has 0 heterocycles. The van der Waals surface area contributed by atoms with Crippen LogP contribution in [0.25, 0.3) is 0 Å². The van der Waals surface area contributed by atoms with E-state index in [9.17, 15) is 0 Å². The van der Waals surface area contributed by atoms with E-state index in [-0.39, 0.29) is 12.4 Å². The first-order chi connectivity index (χ1) is 7.83. The molecule has 0 atom stereocenters. The summed E-state index contributed by atoms with van der Waals surface area (Å²) in [6.45, 7) is 7.99. The number of aryl methyl sites for hydroxylation is 1. The van der Waals surface area contributed by atoms with Crippen molar-refractivity contribution in [1.82, 2.24) is 5.32 Å². The third-order valence-corrected chi connectivity index (χ3v) is 2.08. The first-order valence-corrected chi connectivity index (χ1v) is 5.49. The highest BCUT2D eigenvalue weighted by Crippen LogP contribution is 2.10. The van der Waals surface area contributed by atoms with Gasteiger partial charge in [0, 0.05) is 13.1 Å². The fourth-order valence-corrected chi connectivity index (χ4v) is 1.20. The smallest absolute Gasteiger partial charge is 0.119 e. The highest BCUT2D eigenvalue weighted by molar-refractivity contribution is 5.85. The van der Waals surface area contributed by atoms with E-state index in [2.05, 4.69) is 24.9 Å². The molecule has 0 bridgehead atoms. The van der Waals surface area contributed by atoms with Crippen LogP contribution in [0.3, 0.4) is 0 Å². The molecule has 0 amide bonds. The van der Waals surface area contributed by atoms with Crippen LogP contribution in [0, 0.1) is 6.92 Å². The van der Waals surface area contributed by atoms with Crippen LogP contribution in [0.2, 0.25) is 0 Å². The molecule has 94 valence electrons. The summed E-state index contributed by atoms with van der Waals surface area (Å²) in [6.07, 6.45) is 5.91. The van der Waals surface area contributed by atoms with Crippen LogP contribution in [0.15, 0.2) is 49.1 Å². The topological polar surface area (TPSA) is 21.3 Å². The lowest BCUT2D eigenvalue weighted by Crippen LogP contribution is -2.12. The van der Waals surface area contributed by atoms with Gasteiger partial charge in [-0.25, -0.2) is 0 Å². The SMILES string of the molecule is C=CCNC/C=C/COc1ccc(C)cc1.Cl. The van der Waals surface area contributed by atoms with Gasteiger partial charge in [-0.05, 0) is 19.1 Å². The molecule has 1 N–H and O–H groups in total. The molecule has 0 aromatic heterocycles. The van der Waals surface area contributed by atoms with E-state index in [1.165, 1.54) is 5.56 Å². The van der Waals surface area contributed by atoms with Crippen LogP contribution in [0.5, 0.6) is 5.75 Å². The van der Waals surface area contributed by atoms with Gasteiger partial charge in [-0.1, -0.05) is 35.9 Å². The third kappa shape index (κ3) is 7.61. The monoisotopic (exact) mass is 253 g/mol. The van der Waals surface area contributed by atoms with Gasteiger partial charge in [-0.3, -0.25) is 0 Å². The van der Waals surface area contributed by atoms with Crippen LogP contribution in [0.1, 0.15) is 5.56 Å². The van der Waals surface area contributed by atoms with Gasteiger partial charge < -0.3 is 10.1 Å². The van der Waals surface area contributed by atoms with Crippen LogP contribution in [-0.4, -0.2) is 19.7 Å². The summed E-state index contributed by atoms with van der Waals surface area (Å²) in [5.74, 6) is 0.911. The summed E-state index contributed by atoms with van der Waals surface area (Å²) in [5, 5.41) is 3.18. The molecular weight excluding hydrogens is 234 g/mol. The Hall–Kier alpha value is -1.25. The minimum Gasteiger partial charge on any atom is -0.490 e. The molecule has 1 aromatic rings. The fourth-order valence-electron chi connectivity index (χ4n) is 1.20. The molecule has 0 radical (unpaired) electrons. The van der Waals surface area contributed by atoms with E-state index >= 15 is 0 Å². The summed E-state index contributed by atoms with van der Waals surface area (Å²) in [5.41, 5.74) is 1.25. The number of rotatable bonds is 7. The van der Waals surface area contributed by atoms with Crippen molar-refractivity contribution in [3.8, 4) is 5.75 Å². The molecule has 0 aliphatic heterocycles. The predicted octanol–water partition coefficient (Wildman–Crippen LogP) is 3.13. The molecule has 0 spiro atoms. The Morgan fingerprint density at radius 2 is 1.88 bits per heavy atom. The quantitative estimate of drug-likeness (QED) is 0.596. The largest absolute Gasteiger partial charge is 0.490 e. The van der Waals surface area contributed by atoms with E-state index in [1.54, 1.807) is 0 Å². The van der Waals surface area contributed by atoms with E-state index in [4.69, 9.17) is 4.74 Å². The van der Waals surface area contributed by atoms with Crippen molar-refractivity contribution in [2.75, 3.05) is 19.7 Å². The van der Waals surface area contributed by atoms with Crippen LogP contribution >= 0.6 is 12.4 Å². The van der Waals surface area contributed by atoms with E-state index in [0.29, 0.717) is 6.61 Å². The van der Waals surface area contributed by atoms with Crippen molar-refractivity contribution in [2.24, 2.45) is 0 Å². The minimum atomic E-state index is 0. The molecule has 0 aliphatic rings. The molecule has 1 rings (SSSR count). The molecule has 1 aromatic carbocycles. The lowest BCUT2D eigenvalue weighted by atomic mass is 10.2. The van der Waals surface area contributed by atoms with Gasteiger partial charge in [0.1, 0.15) is 12.4 Å². The van der Waals surface area contributed by atoms with Gasteiger partial charge in [-0.15, -0.1) is 19.0 Å². The number of nitrogens with one attached hydrogen (secondary N) is 1. The maximum atomic E-state index is 5.53. The fraction of sp³-hybridized carbons (Fsp3) is 0.286. The second-order valence-electron chi connectivity index (χ2n) is 3.54. The van der Waals surface area contributed by atoms with Gasteiger partial charge in [0.05, 0.1) is 0 Å². The average Bonchev–Trinajstić information content (AvgIpc) is 2.30. The molecule has 0 unspecified atom stereocenters. The molecule has 0 aliphatic carbocycles. The summed E-state index contributed by atoms with van der Waals surface area (Å²) < 4.78 is 5.53. The zero-order valence-corrected chi connectivity index (χ0v) is 11.0. The van der Waals surface area contributed by atoms with Gasteiger partial charge >= 0.3 is 0 Å². The number of ether oxygens (including phenoxy) is 1. The summed E-state index contributed by atoms with van der Waals surface area (Å²) in [4.78, 5) is 0. The van der Waals surface area contributed by atoms with Crippen LogP contribution < -0.4 is 10.1 Å². The van der Waals surface area contributed by atoms with Crippen LogP contribution in [0.4, 0.5) is 0 Å². The summed E-state index contributed by atoms with van der Waals surface area (Å²) in [7, 11) is 0. The Morgan fingerprint density at radius 1 is 1.18 bits per heavy atom. The number of hydrogen-bond acceptors (Lipinski definition) is 2. The lowest BCUT2D eigenvalue weighted by molar-refractivity contribution is 0.362. The van der Waals surface area contributed by atoms with Gasteiger partial charge in [0.25, 0.3) is 0 Å². The molecule has 2 nitrogen and oxygen atoms in total. The summed E-state index contributed by atoms with van der Waals surface area (Å²) in [6, 6.07) is 8.06. The van der Waals surface area contributed by atoms with E-state index < -0.39 is 0 Å². The summed E-state index contributed by atoms with van der Waals surface area (Å²) >= 11 is 0. The average molecular weight is 254 g/mol. The highest BCUT2D eigenvalue weighted by atomic mass is 35.5. The predicted molar refractivity (Wildman–Crippen MR) is 76.1 cm³/mol. The van der Waals surface area contributed by atoms with Crippen molar-refractivity contribution in [3.05, 3.63) is 54.6 Å². The van der Waals surface area contributed by atoms with Crippen molar-refractivity contribution in [2.45, 2.75) is 6.92 Å². The third-order valence-electron chi connectivity index (χ3n) is 2.08. The van der Waals surface area contributed by atoms with Crippen molar-refractivity contribution < 1.29 is 4.74 Å². The standard InChI is InChI=1S/C14H19NO.ClH/c1-3-10-15-11-4-5-12-16-14-8-6-13(2)7-9-14;/h3-9,15H,1,10-12H2,2H3;1H/b5-4+;. The lowest BCUT2D eigenvalue weighted by Gasteiger charge is -2.02. The second-order valence-corrected chi connectivity index (χ2v) is 3.54. The number of halogens is 1. The Bertz CT molecular complexity index is 333. The normalized spacial score (nSPS) is 9.94. The minimum absolute atomic E-state index is 0. The zero-order valence-electron chi connectivity index (χ0n) is 10.2. The molecule has 0 saturated heterocycles. The molecule has 17 heavy (non-hydrogen) atoms. The van der Waals surface area contributed by atoms with Crippen molar-refractivity contribution in [1.29, 1.82) is 0 Å². The molecule has 0 fully saturated rings. The Morgan fingerprint density at radius 3 is 2.53 bits per heavy atom. The first-order valence-electron chi connectivity index (χ1n) is 5.49. The van der Waals surface area contributed by atoms with Gasteiger partial charge in [-0.2, -0.15) is 0 Å². The Kier molecular flexibility index (Phi) is 9.21. The molecule has 0 saturated carbocycles. The second kappa shape index (κ2) is 9.94.